The molecule has 5 heteroatoms. The molecule has 0 aliphatic heterocycles. The van der Waals surface area contributed by atoms with Crippen molar-refractivity contribution in [1.29, 1.82) is 0 Å². The van der Waals surface area contributed by atoms with Crippen LogP contribution in [-0.4, -0.2) is 6.54 Å². The van der Waals surface area contributed by atoms with Gasteiger partial charge in [0.1, 0.15) is 17.7 Å². The van der Waals surface area contributed by atoms with Gasteiger partial charge in [0.15, 0.2) is 0 Å². The number of nitrogens with two attached hydrogens (primary N) is 1. The molecule has 0 saturated heterocycles. The summed E-state index contributed by atoms with van der Waals surface area (Å²) in [5.41, 5.74) is 5.66. The van der Waals surface area contributed by atoms with Gasteiger partial charge in [0.05, 0.1) is 4.47 Å². The lowest BCUT2D eigenvalue weighted by Crippen LogP contribution is -2.17. The van der Waals surface area contributed by atoms with Crippen molar-refractivity contribution in [3.8, 4) is 5.75 Å². The first-order chi connectivity index (χ1) is 8.20. The van der Waals surface area contributed by atoms with Gasteiger partial charge in [-0.25, -0.2) is 4.39 Å². The van der Waals surface area contributed by atoms with Crippen LogP contribution in [0.25, 0.3) is 0 Å². The maximum atomic E-state index is 13.3. The summed E-state index contributed by atoms with van der Waals surface area (Å²) >= 11 is 4.67. The Bertz CT molecular complexity index is 489. The average Bonchev–Trinajstić information content (AvgIpc) is 2.84. The van der Waals surface area contributed by atoms with Gasteiger partial charge < -0.3 is 10.5 Å². The van der Waals surface area contributed by atoms with E-state index in [9.17, 15) is 4.39 Å². The van der Waals surface area contributed by atoms with Crippen molar-refractivity contribution in [1.82, 2.24) is 0 Å². The second-order valence-corrected chi connectivity index (χ2v) is 5.27. The summed E-state index contributed by atoms with van der Waals surface area (Å²) in [5.74, 6) is 0.138. The maximum Gasteiger partial charge on any atom is 0.145 e. The van der Waals surface area contributed by atoms with Crippen molar-refractivity contribution in [3.05, 3.63) is 50.9 Å². The third-order valence-electron chi connectivity index (χ3n) is 2.24. The lowest BCUT2D eigenvalue weighted by Gasteiger charge is -2.16. The minimum absolute atomic E-state index is 0.226. The molecule has 2 aromatic rings. The summed E-state index contributed by atoms with van der Waals surface area (Å²) in [7, 11) is 0. The predicted octanol–water partition coefficient (Wildman–Crippen LogP) is 3.73. The summed E-state index contributed by atoms with van der Waals surface area (Å²) in [6, 6.07) is 8.57. The number of hydrogen-bond donors (Lipinski definition) is 1. The third-order valence-corrected chi connectivity index (χ3v) is 3.85. The van der Waals surface area contributed by atoms with Crippen molar-refractivity contribution in [2.45, 2.75) is 6.10 Å². The molecular weight excluding hydrogens is 305 g/mol. The molecule has 1 aromatic carbocycles. The van der Waals surface area contributed by atoms with E-state index in [0.29, 0.717) is 16.8 Å². The zero-order chi connectivity index (χ0) is 12.3. The van der Waals surface area contributed by atoms with Crippen LogP contribution in [0.2, 0.25) is 0 Å². The largest absolute Gasteiger partial charge is 0.483 e. The van der Waals surface area contributed by atoms with E-state index >= 15 is 0 Å². The Kier molecular flexibility index (Phi) is 4.15. The molecule has 1 aromatic heterocycles. The SMILES string of the molecule is NCC(Oc1ccc(Br)c(F)c1)c1cccs1. The Labute approximate surface area is 111 Å². The zero-order valence-corrected chi connectivity index (χ0v) is 11.3. The number of thiophene rings is 1. The molecule has 0 spiro atoms. The Morgan fingerprint density at radius 2 is 2.24 bits per heavy atom. The summed E-state index contributed by atoms with van der Waals surface area (Å²) in [4.78, 5) is 1.04. The highest BCUT2D eigenvalue weighted by atomic mass is 79.9. The minimum Gasteiger partial charge on any atom is -0.483 e. The molecule has 2 rings (SSSR count). The van der Waals surface area contributed by atoms with E-state index in [0.717, 1.165) is 4.88 Å². The van der Waals surface area contributed by atoms with Crippen molar-refractivity contribution < 1.29 is 9.13 Å². The molecule has 0 amide bonds. The van der Waals surface area contributed by atoms with Crippen LogP contribution in [0.1, 0.15) is 11.0 Å². The first-order valence-corrected chi connectivity index (χ1v) is 6.73. The standard InChI is InChI=1S/C12H11BrFNOS/c13-9-4-3-8(6-10(9)14)16-11(7-15)12-2-1-5-17-12/h1-6,11H,7,15H2. The summed E-state index contributed by atoms with van der Waals surface area (Å²) in [6.45, 7) is 0.359. The summed E-state index contributed by atoms with van der Waals surface area (Å²) in [6.07, 6.45) is -0.226. The van der Waals surface area contributed by atoms with E-state index in [2.05, 4.69) is 15.9 Å². The number of benzene rings is 1. The maximum absolute atomic E-state index is 13.3. The Hall–Kier alpha value is -0.910. The van der Waals surface area contributed by atoms with Gasteiger partial charge in [-0.15, -0.1) is 11.3 Å². The number of rotatable bonds is 4. The Morgan fingerprint density at radius 1 is 1.41 bits per heavy atom. The average molecular weight is 316 g/mol. The molecule has 1 atom stereocenters. The van der Waals surface area contributed by atoms with E-state index in [1.165, 1.54) is 6.07 Å². The highest BCUT2D eigenvalue weighted by Gasteiger charge is 2.13. The van der Waals surface area contributed by atoms with E-state index < -0.39 is 0 Å². The number of ether oxygens (including phenoxy) is 1. The fraction of sp³-hybridized carbons (Fsp3) is 0.167. The molecule has 0 bridgehead atoms. The van der Waals surface area contributed by atoms with Crippen LogP contribution in [0.3, 0.4) is 0 Å². The predicted molar refractivity (Wildman–Crippen MR) is 70.8 cm³/mol. The van der Waals surface area contributed by atoms with Crippen molar-refractivity contribution in [2.75, 3.05) is 6.54 Å². The molecule has 0 radical (unpaired) electrons. The quantitative estimate of drug-likeness (QED) is 0.933. The molecule has 2 N–H and O–H groups in total. The van der Waals surface area contributed by atoms with Crippen molar-refractivity contribution in [2.24, 2.45) is 5.73 Å². The van der Waals surface area contributed by atoms with Crippen LogP contribution in [0.15, 0.2) is 40.2 Å². The fourth-order valence-electron chi connectivity index (χ4n) is 1.41. The van der Waals surface area contributed by atoms with Gasteiger partial charge in [0.25, 0.3) is 0 Å². The molecular formula is C12H11BrFNOS. The Balaban J connectivity index is 2.16. The van der Waals surface area contributed by atoms with Gasteiger partial charge >= 0.3 is 0 Å². The van der Waals surface area contributed by atoms with Gasteiger partial charge in [0, 0.05) is 17.5 Å². The molecule has 0 saturated carbocycles. The number of hydrogen-bond acceptors (Lipinski definition) is 3. The molecule has 90 valence electrons. The van der Waals surface area contributed by atoms with Crippen molar-refractivity contribution >= 4 is 27.3 Å². The first-order valence-electron chi connectivity index (χ1n) is 5.06. The normalized spacial score (nSPS) is 12.4. The summed E-state index contributed by atoms with van der Waals surface area (Å²) < 4.78 is 19.4. The van der Waals surface area contributed by atoms with Crippen LogP contribution in [-0.2, 0) is 0 Å². The van der Waals surface area contributed by atoms with Crippen LogP contribution in [0.4, 0.5) is 4.39 Å². The molecule has 2 nitrogen and oxygen atoms in total. The minimum atomic E-state index is -0.343. The third kappa shape index (κ3) is 3.06. The topological polar surface area (TPSA) is 35.2 Å². The molecule has 0 aliphatic carbocycles. The Morgan fingerprint density at radius 3 is 2.82 bits per heavy atom. The summed E-state index contributed by atoms with van der Waals surface area (Å²) in [5, 5.41) is 1.96. The van der Waals surface area contributed by atoms with Gasteiger partial charge in [-0.1, -0.05) is 6.07 Å². The smallest absolute Gasteiger partial charge is 0.145 e. The second-order valence-electron chi connectivity index (χ2n) is 3.43. The van der Waals surface area contributed by atoms with E-state index in [1.54, 1.807) is 23.5 Å². The van der Waals surface area contributed by atoms with Crippen LogP contribution in [0.5, 0.6) is 5.75 Å². The van der Waals surface area contributed by atoms with Crippen molar-refractivity contribution in [3.63, 3.8) is 0 Å². The molecule has 0 fully saturated rings. The lowest BCUT2D eigenvalue weighted by atomic mass is 10.3. The number of halogens is 2. The van der Waals surface area contributed by atoms with E-state index in [4.69, 9.17) is 10.5 Å². The van der Waals surface area contributed by atoms with Gasteiger partial charge in [-0.3, -0.25) is 0 Å². The first kappa shape index (κ1) is 12.5. The van der Waals surface area contributed by atoms with Gasteiger partial charge in [-0.05, 0) is 39.5 Å². The van der Waals surface area contributed by atoms with Crippen LogP contribution < -0.4 is 10.5 Å². The second kappa shape index (κ2) is 5.62. The molecule has 1 unspecified atom stereocenters. The zero-order valence-electron chi connectivity index (χ0n) is 8.90. The highest BCUT2D eigenvalue weighted by molar-refractivity contribution is 9.10. The fourth-order valence-corrected chi connectivity index (χ4v) is 2.43. The van der Waals surface area contributed by atoms with E-state index in [1.807, 2.05) is 17.5 Å². The lowest BCUT2D eigenvalue weighted by molar-refractivity contribution is 0.217. The van der Waals surface area contributed by atoms with E-state index in [-0.39, 0.29) is 11.9 Å². The van der Waals surface area contributed by atoms with Gasteiger partial charge in [0.2, 0.25) is 0 Å². The monoisotopic (exact) mass is 315 g/mol. The highest BCUT2D eigenvalue weighted by Crippen LogP contribution is 2.27. The van der Waals surface area contributed by atoms with Crippen LogP contribution in [0, 0.1) is 5.82 Å². The van der Waals surface area contributed by atoms with Gasteiger partial charge in [-0.2, -0.15) is 0 Å². The van der Waals surface area contributed by atoms with Crippen LogP contribution >= 0.6 is 27.3 Å². The molecule has 17 heavy (non-hydrogen) atoms. The molecule has 0 aliphatic rings. The molecule has 1 heterocycles.